The summed E-state index contributed by atoms with van der Waals surface area (Å²) in [5.74, 6) is -0.262. The molecule has 2 nitrogen and oxygen atoms in total. The van der Waals surface area contributed by atoms with Crippen molar-refractivity contribution in [2.75, 3.05) is 0 Å². The first kappa shape index (κ1) is 14.6. The molecule has 19 heavy (non-hydrogen) atoms. The minimum Gasteiger partial charge on any atom is -0.326 e. The standard InChI is InChI=1S/C14H16BrFN2S/c1-14(2,3)12-11(7-17)19-13(18-12)9-5-4-8(16)6-10(9)15/h4-6H,7,17H2,1-3H3. The van der Waals surface area contributed by atoms with E-state index >= 15 is 0 Å². The predicted molar refractivity (Wildman–Crippen MR) is 81.8 cm³/mol. The normalized spacial score (nSPS) is 11.9. The van der Waals surface area contributed by atoms with Crippen molar-refractivity contribution < 1.29 is 4.39 Å². The van der Waals surface area contributed by atoms with Gasteiger partial charge in [0.15, 0.2) is 0 Å². The highest BCUT2D eigenvalue weighted by atomic mass is 79.9. The molecule has 102 valence electrons. The van der Waals surface area contributed by atoms with Gasteiger partial charge in [0.1, 0.15) is 10.8 Å². The zero-order chi connectivity index (χ0) is 14.2. The maximum Gasteiger partial charge on any atom is 0.125 e. The fraction of sp³-hybridized carbons (Fsp3) is 0.357. The topological polar surface area (TPSA) is 38.9 Å². The molecular formula is C14H16BrFN2S. The Hall–Kier alpha value is -0.780. The molecule has 2 aromatic rings. The lowest BCUT2D eigenvalue weighted by molar-refractivity contribution is 0.567. The van der Waals surface area contributed by atoms with E-state index in [-0.39, 0.29) is 11.2 Å². The van der Waals surface area contributed by atoms with Gasteiger partial charge in [0.2, 0.25) is 0 Å². The third kappa shape index (κ3) is 3.04. The Balaban J connectivity index is 2.55. The predicted octanol–water partition coefficient (Wildman–Crippen LogP) is 4.47. The number of aromatic nitrogens is 1. The molecule has 1 aromatic carbocycles. The number of nitrogens with zero attached hydrogens (tertiary/aromatic N) is 1. The molecule has 0 aliphatic carbocycles. The van der Waals surface area contributed by atoms with Gasteiger partial charge in [-0.15, -0.1) is 11.3 Å². The molecule has 0 spiro atoms. The number of rotatable bonds is 2. The number of halogens is 2. The van der Waals surface area contributed by atoms with Crippen LogP contribution < -0.4 is 5.73 Å². The Morgan fingerprint density at radius 1 is 1.37 bits per heavy atom. The van der Waals surface area contributed by atoms with Gasteiger partial charge in [0.25, 0.3) is 0 Å². The van der Waals surface area contributed by atoms with Crippen LogP contribution in [-0.4, -0.2) is 4.98 Å². The summed E-state index contributed by atoms with van der Waals surface area (Å²) in [5.41, 5.74) is 7.67. The lowest BCUT2D eigenvalue weighted by Crippen LogP contribution is -2.15. The van der Waals surface area contributed by atoms with Crippen LogP contribution in [0.3, 0.4) is 0 Å². The van der Waals surface area contributed by atoms with Gasteiger partial charge in [-0.1, -0.05) is 20.8 Å². The van der Waals surface area contributed by atoms with Crippen molar-refractivity contribution in [2.45, 2.75) is 32.7 Å². The van der Waals surface area contributed by atoms with Crippen molar-refractivity contribution in [1.82, 2.24) is 4.98 Å². The van der Waals surface area contributed by atoms with E-state index in [1.165, 1.54) is 12.1 Å². The van der Waals surface area contributed by atoms with Crippen LogP contribution in [0.4, 0.5) is 4.39 Å². The fourth-order valence-corrected chi connectivity index (χ4v) is 3.71. The van der Waals surface area contributed by atoms with Crippen molar-refractivity contribution in [1.29, 1.82) is 0 Å². The van der Waals surface area contributed by atoms with Crippen LogP contribution in [0.1, 0.15) is 31.3 Å². The number of hydrogen-bond acceptors (Lipinski definition) is 3. The average Bonchev–Trinajstić information content (AvgIpc) is 2.72. The van der Waals surface area contributed by atoms with Crippen LogP contribution >= 0.6 is 27.3 Å². The van der Waals surface area contributed by atoms with Crippen LogP contribution in [0.15, 0.2) is 22.7 Å². The number of hydrogen-bond donors (Lipinski definition) is 1. The molecular weight excluding hydrogens is 327 g/mol. The van der Waals surface area contributed by atoms with Crippen LogP contribution in [0, 0.1) is 5.82 Å². The van der Waals surface area contributed by atoms with Gasteiger partial charge < -0.3 is 5.73 Å². The molecule has 5 heteroatoms. The maximum atomic E-state index is 13.1. The van der Waals surface area contributed by atoms with Crippen molar-refractivity contribution in [2.24, 2.45) is 5.73 Å². The smallest absolute Gasteiger partial charge is 0.125 e. The van der Waals surface area contributed by atoms with Crippen molar-refractivity contribution >= 4 is 27.3 Å². The molecule has 0 bridgehead atoms. The summed E-state index contributed by atoms with van der Waals surface area (Å²) in [4.78, 5) is 5.78. The molecule has 0 atom stereocenters. The molecule has 0 aliphatic rings. The molecule has 1 aromatic heterocycles. The molecule has 0 radical (unpaired) electrons. The zero-order valence-electron chi connectivity index (χ0n) is 11.1. The van der Waals surface area contributed by atoms with Crippen molar-refractivity contribution in [3.05, 3.63) is 39.1 Å². The highest BCUT2D eigenvalue weighted by Gasteiger charge is 2.23. The molecule has 0 aliphatic heterocycles. The summed E-state index contributed by atoms with van der Waals surface area (Å²) in [7, 11) is 0. The van der Waals surface area contributed by atoms with E-state index in [1.54, 1.807) is 17.4 Å². The second-order valence-electron chi connectivity index (χ2n) is 5.37. The van der Waals surface area contributed by atoms with E-state index in [0.29, 0.717) is 11.0 Å². The first-order valence-electron chi connectivity index (χ1n) is 5.98. The fourth-order valence-electron chi connectivity index (χ4n) is 1.85. The van der Waals surface area contributed by atoms with E-state index in [2.05, 4.69) is 36.7 Å². The largest absolute Gasteiger partial charge is 0.326 e. The highest BCUT2D eigenvalue weighted by Crippen LogP contribution is 2.37. The van der Waals surface area contributed by atoms with Gasteiger partial charge in [0.05, 0.1) is 5.69 Å². The molecule has 0 saturated carbocycles. The van der Waals surface area contributed by atoms with E-state index in [0.717, 1.165) is 21.1 Å². The van der Waals surface area contributed by atoms with E-state index in [1.807, 2.05) is 0 Å². The van der Waals surface area contributed by atoms with Gasteiger partial charge >= 0.3 is 0 Å². The Labute approximate surface area is 125 Å². The third-order valence-electron chi connectivity index (χ3n) is 2.75. The first-order chi connectivity index (χ1) is 8.82. The minimum atomic E-state index is -0.262. The summed E-state index contributed by atoms with van der Waals surface area (Å²) in [6.07, 6.45) is 0. The molecule has 2 rings (SSSR count). The zero-order valence-corrected chi connectivity index (χ0v) is 13.5. The first-order valence-corrected chi connectivity index (χ1v) is 7.59. The number of nitrogens with two attached hydrogens (primary N) is 1. The van der Waals surface area contributed by atoms with Gasteiger partial charge in [-0.05, 0) is 34.1 Å². The van der Waals surface area contributed by atoms with E-state index < -0.39 is 0 Å². The van der Waals surface area contributed by atoms with Crippen LogP contribution in [0.5, 0.6) is 0 Å². The monoisotopic (exact) mass is 342 g/mol. The number of benzene rings is 1. The second kappa shape index (κ2) is 5.31. The Morgan fingerprint density at radius 2 is 2.05 bits per heavy atom. The quantitative estimate of drug-likeness (QED) is 0.874. The van der Waals surface area contributed by atoms with Crippen molar-refractivity contribution in [3.8, 4) is 10.6 Å². The second-order valence-corrected chi connectivity index (χ2v) is 7.31. The van der Waals surface area contributed by atoms with E-state index in [4.69, 9.17) is 10.7 Å². The van der Waals surface area contributed by atoms with Gasteiger partial charge in [-0.2, -0.15) is 0 Å². The maximum absolute atomic E-state index is 13.1. The van der Waals surface area contributed by atoms with Crippen LogP contribution in [-0.2, 0) is 12.0 Å². The Morgan fingerprint density at radius 3 is 2.53 bits per heavy atom. The average molecular weight is 343 g/mol. The highest BCUT2D eigenvalue weighted by molar-refractivity contribution is 9.10. The lowest BCUT2D eigenvalue weighted by atomic mass is 9.91. The molecule has 0 unspecified atom stereocenters. The van der Waals surface area contributed by atoms with E-state index in [9.17, 15) is 4.39 Å². The molecule has 0 amide bonds. The SMILES string of the molecule is CC(C)(C)c1nc(-c2ccc(F)cc2Br)sc1CN. The third-order valence-corrected chi connectivity index (χ3v) is 4.52. The Kier molecular flexibility index (Phi) is 4.08. The van der Waals surface area contributed by atoms with Crippen molar-refractivity contribution in [3.63, 3.8) is 0 Å². The Bertz CT molecular complexity index is 602. The summed E-state index contributed by atoms with van der Waals surface area (Å²) in [5, 5.41) is 0.872. The van der Waals surface area contributed by atoms with Gasteiger partial charge in [-0.3, -0.25) is 0 Å². The van der Waals surface area contributed by atoms with Crippen LogP contribution in [0.2, 0.25) is 0 Å². The lowest BCUT2D eigenvalue weighted by Gasteiger charge is -2.16. The van der Waals surface area contributed by atoms with Crippen LogP contribution in [0.25, 0.3) is 10.6 Å². The molecule has 2 N–H and O–H groups in total. The molecule has 1 heterocycles. The number of thiazole rings is 1. The summed E-state index contributed by atoms with van der Waals surface area (Å²) < 4.78 is 13.8. The van der Waals surface area contributed by atoms with Gasteiger partial charge in [-0.25, -0.2) is 9.37 Å². The molecule has 0 saturated heterocycles. The summed E-state index contributed by atoms with van der Waals surface area (Å²) >= 11 is 4.96. The summed E-state index contributed by atoms with van der Waals surface area (Å²) in [6, 6.07) is 4.64. The minimum absolute atomic E-state index is 0.0457. The summed E-state index contributed by atoms with van der Waals surface area (Å²) in [6.45, 7) is 6.82. The van der Waals surface area contributed by atoms with Gasteiger partial charge in [0, 0.05) is 26.9 Å². The molecule has 0 fully saturated rings.